The van der Waals surface area contributed by atoms with Crippen LogP contribution in [0.5, 0.6) is 0 Å². The molecule has 0 fully saturated rings. The number of pyridine rings is 1. The molecule has 3 heterocycles. The van der Waals surface area contributed by atoms with Crippen molar-refractivity contribution in [2.75, 3.05) is 0 Å². The second kappa shape index (κ2) is 12.4. The van der Waals surface area contributed by atoms with Gasteiger partial charge in [0.25, 0.3) is 0 Å². The number of nitrogens with zero attached hydrogens (tertiary/aromatic N) is 4. The Bertz CT molecular complexity index is 3570. The molecule has 0 atom stereocenters. The van der Waals surface area contributed by atoms with Crippen molar-refractivity contribution in [3.8, 4) is 17.1 Å². The van der Waals surface area contributed by atoms with Crippen LogP contribution < -0.4 is 0 Å². The molecule has 0 aliphatic carbocycles. The molecule has 9 aromatic carbocycles. The molecule has 0 N–H and O–H groups in total. The molecule has 3 aromatic heterocycles. The van der Waals surface area contributed by atoms with Crippen LogP contribution in [0.2, 0.25) is 0 Å². The Kier molecular flexibility index (Phi) is 6.89. The van der Waals surface area contributed by atoms with E-state index in [4.69, 9.17) is 4.98 Å². The number of benzene rings is 8. The average molecular weight is 727 g/mol. The summed E-state index contributed by atoms with van der Waals surface area (Å²) in [4.78, 5) is 5.22. The van der Waals surface area contributed by atoms with Gasteiger partial charge >= 0.3 is 0 Å². The number of fused-ring (bicyclic) bond motifs is 13. The normalized spacial score (nSPS) is 11.9. The fourth-order valence-corrected chi connectivity index (χ4v) is 9.36. The first-order valence-electron chi connectivity index (χ1n) is 19.5. The van der Waals surface area contributed by atoms with Gasteiger partial charge in [0.05, 0.1) is 44.3 Å². The van der Waals surface area contributed by atoms with Gasteiger partial charge in [-0.3, -0.25) is 4.98 Å². The summed E-state index contributed by atoms with van der Waals surface area (Å²) < 4.78 is 7.30. The topological polar surface area (TPSA) is 27.7 Å². The number of rotatable bonds is 3. The second-order valence-corrected chi connectivity index (χ2v) is 14.7. The average Bonchev–Trinajstić information content (AvgIpc) is 3.62. The Balaban J connectivity index is 1.38. The maximum absolute atomic E-state index is 5.22. The van der Waals surface area contributed by atoms with Crippen molar-refractivity contribution < 1.29 is 0 Å². The monoisotopic (exact) mass is 726 g/mol. The lowest BCUT2D eigenvalue weighted by Gasteiger charge is -2.23. The van der Waals surface area contributed by atoms with E-state index >= 15 is 0 Å². The van der Waals surface area contributed by atoms with Gasteiger partial charge in [-0.05, 0) is 94.3 Å². The molecule has 0 saturated heterocycles. The molecule has 0 unspecified atom stereocenters. The Morgan fingerprint density at radius 1 is 0.281 bits per heavy atom. The Morgan fingerprint density at radius 3 is 1.35 bits per heavy atom. The number of hydrogen-bond donors (Lipinski definition) is 0. The summed E-state index contributed by atoms with van der Waals surface area (Å²) in [5.74, 6) is 0. The summed E-state index contributed by atoms with van der Waals surface area (Å²) in [6, 6.07) is 72.6. The van der Waals surface area contributed by atoms with Gasteiger partial charge < -0.3 is 13.7 Å². The highest BCUT2D eigenvalue weighted by Crippen LogP contribution is 2.42. The first-order valence-corrected chi connectivity index (χ1v) is 19.5. The lowest BCUT2D eigenvalue weighted by Crippen LogP contribution is -2.08. The summed E-state index contributed by atoms with van der Waals surface area (Å²) in [5.41, 5.74) is 11.1. The third-order valence-electron chi connectivity index (χ3n) is 11.7. The minimum Gasteiger partial charge on any atom is -0.309 e. The Morgan fingerprint density at radius 2 is 0.737 bits per heavy atom. The van der Waals surface area contributed by atoms with Gasteiger partial charge in [0.1, 0.15) is 0 Å². The summed E-state index contributed by atoms with van der Waals surface area (Å²) in [5, 5.41) is 10.5. The fraction of sp³-hybridized carbons (Fsp3) is 0. The van der Waals surface area contributed by atoms with Crippen LogP contribution in [0.4, 0.5) is 0 Å². The molecule has 4 heteroatoms. The van der Waals surface area contributed by atoms with E-state index in [2.05, 4.69) is 214 Å². The molecule has 0 radical (unpaired) electrons. The maximum atomic E-state index is 5.22. The molecule has 12 aromatic rings. The van der Waals surface area contributed by atoms with Gasteiger partial charge in [-0.2, -0.15) is 0 Å². The molecule has 0 amide bonds. The van der Waals surface area contributed by atoms with E-state index in [1.807, 2.05) is 6.20 Å². The number of aromatic nitrogens is 4. The van der Waals surface area contributed by atoms with Gasteiger partial charge in [0.15, 0.2) is 0 Å². The van der Waals surface area contributed by atoms with Gasteiger partial charge in [0, 0.05) is 44.5 Å². The third-order valence-corrected chi connectivity index (χ3v) is 11.7. The highest BCUT2D eigenvalue weighted by Gasteiger charge is 2.20. The van der Waals surface area contributed by atoms with Crippen LogP contribution in [0.3, 0.4) is 0 Å². The van der Waals surface area contributed by atoms with Crippen molar-refractivity contribution in [2.45, 2.75) is 0 Å². The predicted octanol–water partition coefficient (Wildman–Crippen LogP) is 13.8. The van der Waals surface area contributed by atoms with Crippen LogP contribution in [-0.4, -0.2) is 18.7 Å². The quantitative estimate of drug-likeness (QED) is 0.167. The molecule has 12 rings (SSSR count). The minimum absolute atomic E-state index is 0.966. The molecule has 0 saturated carbocycles. The van der Waals surface area contributed by atoms with Crippen molar-refractivity contribution >= 4 is 87.1 Å². The van der Waals surface area contributed by atoms with E-state index in [0.717, 1.165) is 71.6 Å². The Labute approximate surface area is 328 Å². The first kappa shape index (κ1) is 31.6. The van der Waals surface area contributed by atoms with Crippen molar-refractivity contribution in [3.05, 3.63) is 206 Å². The lowest BCUT2D eigenvalue weighted by atomic mass is 9.94. The largest absolute Gasteiger partial charge is 0.309 e. The summed E-state index contributed by atoms with van der Waals surface area (Å²) >= 11 is 0. The summed E-state index contributed by atoms with van der Waals surface area (Å²) in [6.07, 6.45) is 1.93. The van der Waals surface area contributed by atoms with Gasteiger partial charge in [-0.1, -0.05) is 127 Å². The van der Waals surface area contributed by atoms with E-state index in [0.29, 0.717) is 0 Å². The molecule has 0 aliphatic rings. The fourth-order valence-electron chi connectivity index (χ4n) is 9.36. The smallest absolute Gasteiger partial charge is 0.0787 e. The van der Waals surface area contributed by atoms with Crippen molar-refractivity contribution in [3.63, 3.8) is 0 Å². The van der Waals surface area contributed by atoms with E-state index in [1.54, 1.807) is 0 Å². The second-order valence-electron chi connectivity index (χ2n) is 14.7. The van der Waals surface area contributed by atoms with E-state index in [-0.39, 0.29) is 0 Å². The number of para-hydroxylation sites is 6. The molecular formula is C53H34N4. The van der Waals surface area contributed by atoms with Gasteiger partial charge in [-0.15, -0.1) is 0 Å². The van der Waals surface area contributed by atoms with Gasteiger partial charge in [0.2, 0.25) is 0 Å². The van der Waals surface area contributed by atoms with Crippen LogP contribution in [0.15, 0.2) is 206 Å². The van der Waals surface area contributed by atoms with E-state index in [1.165, 1.54) is 32.6 Å². The van der Waals surface area contributed by atoms with E-state index < -0.39 is 0 Å². The molecule has 0 spiro atoms. The van der Waals surface area contributed by atoms with Crippen LogP contribution in [0.25, 0.3) is 104 Å². The van der Waals surface area contributed by atoms with Gasteiger partial charge in [-0.25, -0.2) is 0 Å². The molecule has 4 nitrogen and oxygen atoms in total. The van der Waals surface area contributed by atoms with Crippen LogP contribution >= 0.6 is 0 Å². The summed E-state index contributed by atoms with van der Waals surface area (Å²) in [7, 11) is 0. The van der Waals surface area contributed by atoms with Crippen LogP contribution in [-0.2, 0) is 0 Å². The molecule has 266 valence electrons. The van der Waals surface area contributed by atoms with Crippen LogP contribution in [0, 0.1) is 0 Å². The molecule has 0 aliphatic heterocycles. The highest BCUT2D eigenvalue weighted by molar-refractivity contribution is 6.28. The van der Waals surface area contributed by atoms with Crippen molar-refractivity contribution in [1.82, 2.24) is 18.7 Å². The maximum Gasteiger partial charge on any atom is 0.0787 e. The molecule has 0 bridgehead atoms. The Hall–Kier alpha value is -7.69. The number of hydrogen-bond acceptors (Lipinski definition) is 1. The zero-order chi connectivity index (χ0) is 37.5. The summed E-state index contributed by atoms with van der Waals surface area (Å²) in [6.45, 7) is 0. The zero-order valence-electron chi connectivity index (χ0n) is 30.9. The lowest BCUT2D eigenvalue weighted by molar-refractivity contribution is 1.09. The van der Waals surface area contributed by atoms with Crippen molar-refractivity contribution in [2.24, 2.45) is 0 Å². The molecular weight excluding hydrogens is 693 g/mol. The van der Waals surface area contributed by atoms with Crippen LogP contribution in [0.1, 0.15) is 0 Å². The standard InChI is InChI=1S/C53H34N4/c1-3-17-35(18-4-1)55-47-29-13-14-30-48(47)56(36-19-5-2-6-20-36)51-34-44-43(33-50(51)55)41-25-15-31-49(57-45-27-11-9-22-38(45)39-23-10-12-28-46(39)57)52(41)40-24-8-7-21-37(40)42-26-16-32-54-53(42)44/h1-34H. The molecule has 57 heavy (non-hydrogen) atoms. The predicted molar refractivity (Wildman–Crippen MR) is 240 cm³/mol. The van der Waals surface area contributed by atoms with Crippen molar-refractivity contribution in [1.29, 1.82) is 0 Å². The SMILES string of the molecule is c1ccc(-n2c3ccccc3n(-c3ccccc3)c3cc4c(cc32)c2cccc(-n3c5ccccc5c5ccccc53)c2c2ccccc2c2cccnc24)cc1. The minimum atomic E-state index is 0.966. The third kappa shape index (κ3) is 4.65. The zero-order valence-corrected chi connectivity index (χ0v) is 30.9. The first-order chi connectivity index (χ1) is 28.3. The highest BCUT2D eigenvalue weighted by atomic mass is 15.1. The van der Waals surface area contributed by atoms with E-state index in [9.17, 15) is 0 Å².